The third-order valence-electron chi connectivity index (χ3n) is 3.66. The van der Waals surface area contributed by atoms with E-state index >= 15 is 0 Å². The lowest BCUT2D eigenvalue weighted by molar-refractivity contribution is 0.382. The van der Waals surface area contributed by atoms with Gasteiger partial charge in [-0.2, -0.15) is 0 Å². The van der Waals surface area contributed by atoms with Gasteiger partial charge in [0.1, 0.15) is 0 Å². The van der Waals surface area contributed by atoms with E-state index in [1.165, 1.54) is 35.4 Å². The molecule has 90 valence electrons. The Kier molecular flexibility index (Phi) is 4.04. The summed E-state index contributed by atoms with van der Waals surface area (Å²) in [5, 5.41) is 3.79. The first-order valence-electron chi connectivity index (χ1n) is 6.46. The fourth-order valence-electron chi connectivity index (χ4n) is 2.71. The van der Waals surface area contributed by atoms with Crippen molar-refractivity contribution in [1.29, 1.82) is 0 Å². The van der Waals surface area contributed by atoms with Crippen molar-refractivity contribution in [2.75, 3.05) is 0 Å². The van der Waals surface area contributed by atoms with Crippen LogP contribution in [0.4, 0.5) is 0 Å². The molecule has 1 aromatic heterocycles. The molecule has 1 nitrogen and oxygen atoms in total. The van der Waals surface area contributed by atoms with Crippen LogP contribution in [0.1, 0.15) is 42.9 Å². The van der Waals surface area contributed by atoms with Gasteiger partial charge in [-0.05, 0) is 51.2 Å². The fraction of sp³-hybridized carbons (Fsp3) is 0.714. The second-order valence-electron chi connectivity index (χ2n) is 5.30. The summed E-state index contributed by atoms with van der Waals surface area (Å²) in [6, 6.07) is 5.88. The minimum absolute atomic E-state index is 0.614. The molecule has 3 unspecified atom stereocenters. The largest absolute Gasteiger partial charge is 0.311 e. The minimum atomic E-state index is 0.614. The molecule has 1 heterocycles. The quantitative estimate of drug-likeness (QED) is 0.840. The van der Waals surface area contributed by atoms with Gasteiger partial charge in [-0.25, -0.2) is 0 Å². The molecule has 1 saturated carbocycles. The second-order valence-corrected chi connectivity index (χ2v) is 6.67. The molecule has 1 N–H and O–H groups in total. The number of thiophene rings is 1. The molecule has 1 fully saturated rings. The second kappa shape index (κ2) is 5.33. The van der Waals surface area contributed by atoms with Crippen molar-refractivity contribution in [2.45, 2.75) is 58.5 Å². The van der Waals surface area contributed by atoms with E-state index in [2.05, 4.69) is 38.2 Å². The number of rotatable bonds is 4. The zero-order valence-electron chi connectivity index (χ0n) is 10.6. The van der Waals surface area contributed by atoms with Crippen molar-refractivity contribution >= 4 is 11.3 Å². The summed E-state index contributed by atoms with van der Waals surface area (Å²) in [5.74, 6) is 0.868. The molecule has 1 aliphatic rings. The lowest BCUT2D eigenvalue weighted by atomic mass is 10.0. The molecule has 0 aliphatic heterocycles. The van der Waals surface area contributed by atoms with Crippen molar-refractivity contribution in [3.05, 3.63) is 21.9 Å². The molecular formula is C14H23NS. The highest BCUT2D eigenvalue weighted by atomic mass is 32.1. The number of nitrogens with one attached hydrogen (secondary N) is 1. The predicted octanol–water partition coefficient (Wildman–Crippen LogP) is 3.77. The Bertz CT molecular complexity index is 331. The summed E-state index contributed by atoms with van der Waals surface area (Å²) < 4.78 is 0. The Labute approximate surface area is 103 Å². The Morgan fingerprint density at radius 1 is 1.44 bits per heavy atom. The molecule has 3 atom stereocenters. The van der Waals surface area contributed by atoms with Gasteiger partial charge in [-0.15, -0.1) is 11.3 Å². The maximum atomic E-state index is 3.79. The monoisotopic (exact) mass is 237 g/mol. The SMILES string of the molecule is Cc1ccc(CC(C)NC2CCCC2C)s1. The molecule has 0 radical (unpaired) electrons. The van der Waals surface area contributed by atoms with Gasteiger partial charge < -0.3 is 5.32 Å². The van der Waals surface area contributed by atoms with Crippen LogP contribution in [0, 0.1) is 12.8 Å². The first kappa shape index (κ1) is 12.1. The van der Waals surface area contributed by atoms with E-state index < -0.39 is 0 Å². The van der Waals surface area contributed by atoms with Crippen LogP contribution >= 0.6 is 11.3 Å². The molecule has 16 heavy (non-hydrogen) atoms. The maximum Gasteiger partial charge on any atom is 0.00953 e. The summed E-state index contributed by atoms with van der Waals surface area (Å²) in [6.45, 7) is 6.89. The van der Waals surface area contributed by atoms with Crippen LogP contribution in [0.2, 0.25) is 0 Å². The summed E-state index contributed by atoms with van der Waals surface area (Å²) in [7, 11) is 0. The standard InChI is InChI=1S/C14H23NS/c1-10-5-4-6-14(10)15-11(2)9-13-8-7-12(3)16-13/h7-8,10-11,14-15H,4-6,9H2,1-3H3. The zero-order valence-corrected chi connectivity index (χ0v) is 11.4. The van der Waals surface area contributed by atoms with Gasteiger partial charge in [0.25, 0.3) is 0 Å². The number of hydrogen-bond donors (Lipinski definition) is 1. The summed E-state index contributed by atoms with van der Waals surface area (Å²) >= 11 is 1.93. The Balaban J connectivity index is 1.82. The first-order chi connectivity index (χ1) is 7.65. The molecular weight excluding hydrogens is 214 g/mol. The number of aryl methyl sites for hydroxylation is 1. The summed E-state index contributed by atoms with van der Waals surface area (Å²) in [6.07, 6.45) is 5.36. The average molecular weight is 237 g/mol. The lowest BCUT2D eigenvalue weighted by Gasteiger charge is -2.22. The molecule has 1 aromatic rings. The van der Waals surface area contributed by atoms with Gasteiger partial charge in [0.15, 0.2) is 0 Å². The van der Waals surface area contributed by atoms with E-state index in [-0.39, 0.29) is 0 Å². The number of hydrogen-bond acceptors (Lipinski definition) is 2. The van der Waals surface area contributed by atoms with Crippen LogP contribution in [-0.2, 0) is 6.42 Å². The molecule has 2 rings (SSSR count). The van der Waals surface area contributed by atoms with Gasteiger partial charge in [0.05, 0.1) is 0 Å². The van der Waals surface area contributed by atoms with Crippen molar-refractivity contribution in [2.24, 2.45) is 5.92 Å². The lowest BCUT2D eigenvalue weighted by Crippen LogP contribution is -2.39. The van der Waals surface area contributed by atoms with Gasteiger partial charge in [-0.1, -0.05) is 13.3 Å². The highest BCUT2D eigenvalue weighted by molar-refractivity contribution is 7.11. The van der Waals surface area contributed by atoms with E-state index in [4.69, 9.17) is 0 Å². The molecule has 1 aliphatic carbocycles. The third-order valence-corrected chi connectivity index (χ3v) is 4.69. The highest BCUT2D eigenvalue weighted by Crippen LogP contribution is 2.25. The maximum absolute atomic E-state index is 3.79. The fourth-order valence-corrected chi connectivity index (χ4v) is 3.73. The first-order valence-corrected chi connectivity index (χ1v) is 7.28. The van der Waals surface area contributed by atoms with Crippen molar-refractivity contribution in [3.63, 3.8) is 0 Å². The van der Waals surface area contributed by atoms with Crippen LogP contribution in [0.15, 0.2) is 12.1 Å². The van der Waals surface area contributed by atoms with Crippen LogP contribution in [0.3, 0.4) is 0 Å². The molecule has 0 saturated heterocycles. The molecule has 0 spiro atoms. The zero-order chi connectivity index (χ0) is 11.5. The van der Waals surface area contributed by atoms with E-state index in [0.717, 1.165) is 12.0 Å². The van der Waals surface area contributed by atoms with Gasteiger partial charge in [0.2, 0.25) is 0 Å². The highest BCUT2D eigenvalue weighted by Gasteiger charge is 2.24. The summed E-state index contributed by atoms with van der Waals surface area (Å²) in [4.78, 5) is 2.94. The Hall–Kier alpha value is -0.340. The van der Waals surface area contributed by atoms with Crippen molar-refractivity contribution < 1.29 is 0 Å². The third kappa shape index (κ3) is 3.08. The molecule has 0 bridgehead atoms. The molecule has 0 aromatic carbocycles. The van der Waals surface area contributed by atoms with E-state index in [1.54, 1.807) is 0 Å². The minimum Gasteiger partial charge on any atom is -0.311 e. The predicted molar refractivity (Wildman–Crippen MR) is 72.2 cm³/mol. The van der Waals surface area contributed by atoms with Crippen LogP contribution in [-0.4, -0.2) is 12.1 Å². The summed E-state index contributed by atoms with van der Waals surface area (Å²) in [5.41, 5.74) is 0. The Morgan fingerprint density at radius 3 is 2.81 bits per heavy atom. The topological polar surface area (TPSA) is 12.0 Å². The van der Waals surface area contributed by atoms with Crippen LogP contribution in [0.5, 0.6) is 0 Å². The van der Waals surface area contributed by atoms with E-state index in [1.807, 2.05) is 11.3 Å². The van der Waals surface area contributed by atoms with Gasteiger partial charge >= 0.3 is 0 Å². The van der Waals surface area contributed by atoms with Crippen LogP contribution < -0.4 is 5.32 Å². The molecule has 0 amide bonds. The van der Waals surface area contributed by atoms with Crippen molar-refractivity contribution in [1.82, 2.24) is 5.32 Å². The van der Waals surface area contributed by atoms with Crippen LogP contribution in [0.25, 0.3) is 0 Å². The Morgan fingerprint density at radius 2 is 2.25 bits per heavy atom. The van der Waals surface area contributed by atoms with E-state index in [9.17, 15) is 0 Å². The van der Waals surface area contributed by atoms with Gasteiger partial charge in [-0.3, -0.25) is 0 Å². The van der Waals surface area contributed by atoms with E-state index in [0.29, 0.717) is 6.04 Å². The van der Waals surface area contributed by atoms with Crippen molar-refractivity contribution in [3.8, 4) is 0 Å². The van der Waals surface area contributed by atoms with Gasteiger partial charge in [0, 0.05) is 21.8 Å². The molecule has 2 heteroatoms. The smallest absolute Gasteiger partial charge is 0.00953 e. The normalized spacial score (nSPS) is 27.2. The average Bonchev–Trinajstić information content (AvgIpc) is 2.77.